The van der Waals surface area contributed by atoms with E-state index < -0.39 is 56.3 Å². The third kappa shape index (κ3) is 7.09. The number of aliphatic hydroxyl groups excluding tert-OH is 2. The van der Waals surface area contributed by atoms with Gasteiger partial charge in [0.05, 0.1) is 24.8 Å². The van der Waals surface area contributed by atoms with Crippen LogP contribution in [-0.4, -0.2) is 62.9 Å². The zero-order chi connectivity index (χ0) is 25.8. The molecule has 0 saturated carbocycles. The predicted molar refractivity (Wildman–Crippen MR) is 128 cm³/mol. The van der Waals surface area contributed by atoms with E-state index in [0.717, 1.165) is 4.57 Å². The molecule has 192 valence electrons. The molecule has 1 aromatic carbocycles. The SMILES string of the molecule is CC(C)OC(=O)[C@H](C)CP(=O)(OC[C@H]1O[C@@H](n2ccc(=S)[nH]c2=O)[C@@H](O)C1O)Oc1ccccc1. The van der Waals surface area contributed by atoms with Crippen LogP contribution in [0.3, 0.4) is 0 Å². The number of carbonyl (C=O) groups excluding carboxylic acids is 1. The number of benzene rings is 1. The van der Waals surface area contributed by atoms with Gasteiger partial charge in [-0.05, 0) is 32.0 Å². The Hall–Kier alpha value is -2.34. The van der Waals surface area contributed by atoms with E-state index in [4.69, 9.17) is 30.7 Å². The molecule has 6 atom stereocenters. The first-order chi connectivity index (χ1) is 16.5. The summed E-state index contributed by atoms with van der Waals surface area (Å²) in [4.78, 5) is 26.9. The van der Waals surface area contributed by atoms with Gasteiger partial charge >= 0.3 is 19.3 Å². The van der Waals surface area contributed by atoms with Gasteiger partial charge in [-0.15, -0.1) is 0 Å². The monoisotopic (exact) mass is 528 g/mol. The highest BCUT2D eigenvalue weighted by Gasteiger charge is 2.45. The number of rotatable bonds is 10. The summed E-state index contributed by atoms with van der Waals surface area (Å²) in [5.74, 6) is -1.11. The fourth-order valence-corrected chi connectivity index (χ4v) is 5.45. The maximum Gasteiger partial charge on any atom is 0.380 e. The molecule has 1 aliphatic rings. The number of para-hydroxylation sites is 1. The molecular formula is C22H29N2O9PS. The van der Waals surface area contributed by atoms with Crippen LogP contribution >= 0.6 is 19.8 Å². The highest BCUT2D eigenvalue weighted by atomic mass is 32.1. The molecule has 35 heavy (non-hydrogen) atoms. The van der Waals surface area contributed by atoms with Crippen molar-refractivity contribution in [2.24, 2.45) is 5.92 Å². The Morgan fingerprint density at radius 2 is 1.89 bits per heavy atom. The van der Waals surface area contributed by atoms with Crippen LogP contribution < -0.4 is 10.2 Å². The summed E-state index contributed by atoms with van der Waals surface area (Å²) < 4.78 is 37.0. The number of aromatic nitrogens is 2. The number of aromatic amines is 1. The van der Waals surface area contributed by atoms with Gasteiger partial charge in [0, 0.05) is 6.20 Å². The summed E-state index contributed by atoms with van der Waals surface area (Å²) in [6.45, 7) is 4.50. The van der Waals surface area contributed by atoms with Crippen LogP contribution in [0.15, 0.2) is 47.4 Å². The standard InChI is InChI=1S/C22H29N2O9PS/c1-13(2)31-21(27)14(3)12-34(29,33-15-7-5-4-6-8-15)30-11-16-18(25)19(26)20(32-16)24-10-9-17(35)23-22(24)28/h4-10,13-14,16,18-20,25-26H,11-12H2,1-3H3,(H,23,28,35)/t14-,16-,18?,19+,20-,34?/m1/s1. The van der Waals surface area contributed by atoms with Gasteiger partial charge in [0.15, 0.2) is 6.23 Å². The zero-order valence-corrected chi connectivity index (χ0v) is 21.2. The molecule has 3 N–H and O–H groups in total. The summed E-state index contributed by atoms with van der Waals surface area (Å²) >= 11 is 4.90. The minimum atomic E-state index is -3.96. The predicted octanol–water partition coefficient (Wildman–Crippen LogP) is 2.40. The summed E-state index contributed by atoms with van der Waals surface area (Å²) in [5.41, 5.74) is -0.633. The molecule has 0 aliphatic carbocycles. The van der Waals surface area contributed by atoms with Gasteiger partial charge in [0.25, 0.3) is 0 Å². The molecule has 13 heteroatoms. The topological polar surface area (TPSA) is 149 Å². The van der Waals surface area contributed by atoms with Crippen LogP contribution in [0.2, 0.25) is 0 Å². The van der Waals surface area contributed by atoms with E-state index in [2.05, 4.69) is 4.98 Å². The Bertz CT molecular complexity index is 1170. The third-order valence-corrected chi connectivity index (χ3v) is 7.40. The van der Waals surface area contributed by atoms with Crippen LogP contribution in [0, 0.1) is 10.6 Å². The lowest BCUT2D eigenvalue weighted by Crippen LogP contribution is -2.36. The molecule has 0 amide bonds. The van der Waals surface area contributed by atoms with Crippen molar-refractivity contribution < 1.29 is 38.1 Å². The number of H-pyrrole nitrogens is 1. The van der Waals surface area contributed by atoms with Crippen molar-refractivity contribution in [1.29, 1.82) is 0 Å². The number of hydrogen-bond acceptors (Lipinski definition) is 10. The minimum absolute atomic E-state index is 0.197. The average Bonchev–Trinajstić information content (AvgIpc) is 3.06. The lowest BCUT2D eigenvalue weighted by Gasteiger charge is -2.24. The van der Waals surface area contributed by atoms with Crippen molar-refractivity contribution >= 4 is 25.8 Å². The van der Waals surface area contributed by atoms with E-state index in [9.17, 15) is 24.4 Å². The first-order valence-electron chi connectivity index (χ1n) is 11.0. The minimum Gasteiger partial charge on any atom is -0.463 e. The molecule has 1 saturated heterocycles. The Balaban J connectivity index is 1.75. The summed E-state index contributed by atoms with van der Waals surface area (Å²) in [6.07, 6.45) is -4.62. The van der Waals surface area contributed by atoms with Crippen molar-refractivity contribution in [2.45, 2.75) is 51.4 Å². The molecule has 0 bridgehead atoms. The Labute approximate surface area is 207 Å². The highest BCUT2D eigenvalue weighted by molar-refractivity contribution is 7.71. The van der Waals surface area contributed by atoms with E-state index in [1.165, 1.54) is 12.3 Å². The molecule has 1 aliphatic heterocycles. The molecule has 2 aromatic rings. The van der Waals surface area contributed by atoms with Gasteiger partial charge in [-0.3, -0.25) is 18.9 Å². The van der Waals surface area contributed by atoms with Crippen LogP contribution in [0.1, 0.15) is 27.0 Å². The summed E-state index contributed by atoms with van der Waals surface area (Å²) in [6, 6.07) is 9.72. The second-order valence-electron chi connectivity index (χ2n) is 8.44. The van der Waals surface area contributed by atoms with Crippen molar-refractivity contribution in [3.05, 3.63) is 57.7 Å². The molecule has 1 aromatic heterocycles. The van der Waals surface area contributed by atoms with Crippen molar-refractivity contribution in [1.82, 2.24) is 9.55 Å². The second kappa shape index (κ2) is 11.6. The number of ether oxygens (including phenoxy) is 2. The largest absolute Gasteiger partial charge is 0.463 e. The van der Waals surface area contributed by atoms with Crippen molar-refractivity contribution in [2.75, 3.05) is 12.8 Å². The quantitative estimate of drug-likeness (QED) is 0.238. The van der Waals surface area contributed by atoms with Gasteiger partial charge in [-0.2, -0.15) is 0 Å². The maximum absolute atomic E-state index is 13.6. The molecule has 1 fully saturated rings. The number of nitrogens with zero attached hydrogens (tertiary/aromatic N) is 1. The van der Waals surface area contributed by atoms with E-state index >= 15 is 0 Å². The zero-order valence-electron chi connectivity index (χ0n) is 19.5. The number of nitrogens with one attached hydrogen (secondary N) is 1. The van der Waals surface area contributed by atoms with Gasteiger partial charge < -0.3 is 24.2 Å². The van der Waals surface area contributed by atoms with Gasteiger partial charge in [-0.25, -0.2) is 9.36 Å². The van der Waals surface area contributed by atoms with Gasteiger partial charge in [0.1, 0.15) is 28.7 Å². The molecule has 0 radical (unpaired) electrons. The number of esters is 1. The average molecular weight is 529 g/mol. The molecule has 0 spiro atoms. The Morgan fingerprint density at radius 3 is 2.51 bits per heavy atom. The van der Waals surface area contributed by atoms with Crippen molar-refractivity contribution in [3.63, 3.8) is 0 Å². The van der Waals surface area contributed by atoms with E-state index in [1.807, 2.05) is 0 Å². The molecule has 2 unspecified atom stereocenters. The van der Waals surface area contributed by atoms with Crippen LogP contribution in [0.4, 0.5) is 0 Å². The first-order valence-corrected chi connectivity index (χ1v) is 13.1. The number of carbonyl (C=O) groups is 1. The smallest absolute Gasteiger partial charge is 0.380 e. The maximum atomic E-state index is 13.6. The van der Waals surface area contributed by atoms with Crippen LogP contribution in [0.25, 0.3) is 0 Å². The lowest BCUT2D eigenvalue weighted by molar-refractivity contribution is -0.151. The Kier molecular flexibility index (Phi) is 9.03. The molecule has 11 nitrogen and oxygen atoms in total. The Morgan fingerprint density at radius 1 is 1.20 bits per heavy atom. The summed E-state index contributed by atoms with van der Waals surface area (Å²) in [5, 5.41) is 20.9. The molecule has 2 heterocycles. The number of aliphatic hydroxyl groups is 2. The number of hydrogen-bond donors (Lipinski definition) is 3. The van der Waals surface area contributed by atoms with Gasteiger partial charge in [0.2, 0.25) is 0 Å². The van der Waals surface area contributed by atoms with E-state index in [1.54, 1.807) is 51.1 Å². The van der Waals surface area contributed by atoms with Crippen molar-refractivity contribution in [3.8, 4) is 5.75 Å². The lowest BCUT2D eigenvalue weighted by atomic mass is 10.1. The summed E-state index contributed by atoms with van der Waals surface area (Å²) in [7, 11) is -3.96. The first kappa shape index (κ1) is 27.3. The van der Waals surface area contributed by atoms with Gasteiger partial charge in [-0.1, -0.05) is 37.3 Å². The highest BCUT2D eigenvalue weighted by Crippen LogP contribution is 2.50. The van der Waals surface area contributed by atoms with E-state index in [0.29, 0.717) is 0 Å². The van der Waals surface area contributed by atoms with E-state index in [-0.39, 0.29) is 22.7 Å². The third-order valence-electron chi connectivity index (χ3n) is 5.14. The van der Waals surface area contributed by atoms with Crippen LogP contribution in [0.5, 0.6) is 5.75 Å². The molecule has 3 rings (SSSR count). The second-order valence-corrected chi connectivity index (χ2v) is 10.9. The fraction of sp³-hybridized carbons (Fsp3) is 0.500. The normalized spacial score (nSPS) is 24.6. The molecular weight excluding hydrogens is 499 g/mol. The fourth-order valence-electron chi connectivity index (χ4n) is 3.43. The van der Waals surface area contributed by atoms with Crippen LogP contribution in [-0.2, 0) is 23.4 Å².